The van der Waals surface area contributed by atoms with Crippen LogP contribution in [0.25, 0.3) is 0 Å². The topological polar surface area (TPSA) is 72.6 Å². The molecule has 0 radical (unpaired) electrons. The lowest BCUT2D eigenvalue weighted by molar-refractivity contribution is -0.124. The number of anilines is 1. The Morgan fingerprint density at radius 2 is 2.33 bits per heavy atom. The highest BCUT2D eigenvalue weighted by Gasteiger charge is 2.28. The van der Waals surface area contributed by atoms with E-state index >= 15 is 0 Å². The Kier molecular flexibility index (Phi) is 3.76. The standard InChI is InChI=1S/C12H14N2O3S/c1-8-6-9(13)2-3-10(8)18-7-11(15)14-4-5-17-12(14)16/h2-3,6H,4-5,7,13H2,1H3. The van der Waals surface area contributed by atoms with Gasteiger partial charge in [0, 0.05) is 10.6 Å². The molecule has 2 amide bonds. The number of hydrogen-bond donors (Lipinski definition) is 1. The van der Waals surface area contributed by atoms with Gasteiger partial charge in [-0.15, -0.1) is 11.8 Å². The summed E-state index contributed by atoms with van der Waals surface area (Å²) in [5, 5.41) is 0. The first-order valence-corrected chi connectivity index (χ1v) is 6.52. The minimum atomic E-state index is -0.547. The smallest absolute Gasteiger partial charge is 0.416 e. The number of nitrogen functional groups attached to an aromatic ring is 1. The molecule has 0 bridgehead atoms. The zero-order chi connectivity index (χ0) is 13.1. The van der Waals surface area contributed by atoms with Gasteiger partial charge >= 0.3 is 6.09 Å². The highest BCUT2D eigenvalue weighted by molar-refractivity contribution is 8.00. The average Bonchev–Trinajstić information content (AvgIpc) is 2.74. The van der Waals surface area contributed by atoms with Crippen LogP contribution in [0.5, 0.6) is 0 Å². The van der Waals surface area contributed by atoms with Gasteiger partial charge < -0.3 is 10.5 Å². The normalized spacial score (nSPS) is 14.7. The molecule has 1 aromatic carbocycles. The van der Waals surface area contributed by atoms with Crippen LogP contribution in [0.2, 0.25) is 0 Å². The molecule has 1 aliphatic rings. The number of ether oxygens (including phenoxy) is 1. The van der Waals surface area contributed by atoms with Crippen molar-refractivity contribution in [1.29, 1.82) is 0 Å². The maximum Gasteiger partial charge on any atom is 0.416 e. The van der Waals surface area contributed by atoms with Gasteiger partial charge in [-0.1, -0.05) is 0 Å². The molecular formula is C12H14N2O3S. The van der Waals surface area contributed by atoms with Gasteiger partial charge in [-0.05, 0) is 30.7 Å². The summed E-state index contributed by atoms with van der Waals surface area (Å²) in [5.74, 6) is -0.00132. The van der Waals surface area contributed by atoms with Gasteiger partial charge in [0.15, 0.2) is 0 Å². The number of rotatable bonds is 3. The van der Waals surface area contributed by atoms with Crippen molar-refractivity contribution in [3.63, 3.8) is 0 Å². The number of imide groups is 1. The van der Waals surface area contributed by atoms with Crippen LogP contribution >= 0.6 is 11.8 Å². The van der Waals surface area contributed by atoms with Crippen LogP contribution in [0.15, 0.2) is 23.1 Å². The number of carbonyl (C=O) groups excluding carboxylic acids is 2. The Morgan fingerprint density at radius 3 is 2.94 bits per heavy atom. The van der Waals surface area contributed by atoms with Gasteiger partial charge in [-0.25, -0.2) is 9.69 Å². The molecule has 0 aromatic heterocycles. The summed E-state index contributed by atoms with van der Waals surface area (Å²) in [6, 6.07) is 5.53. The Balaban J connectivity index is 1.95. The maximum atomic E-state index is 11.8. The zero-order valence-corrected chi connectivity index (χ0v) is 10.8. The van der Waals surface area contributed by atoms with E-state index < -0.39 is 6.09 Å². The molecule has 0 unspecified atom stereocenters. The highest BCUT2D eigenvalue weighted by Crippen LogP contribution is 2.24. The number of hydrogen-bond acceptors (Lipinski definition) is 5. The first kappa shape index (κ1) is 12.8. The summed E-state index contributed by atoms with van der Waals surface area (Å²) < 4.78 is 4.72. The number of carbonyl (C=O) groups is 2. The molecule has 5 nitrogen and oxygen atoms in total. The predicted octanol–water partition coefficient (Wildman–Crippen LogP) is 1.65. The maximum absolute atomic E-state index is 11.8. The first-order chi connectivity index (χ1) is 8.58. The van der Waals surface area contributed by atoms with Crippen molar-refractivity contribution in [1.82, 2.24) is 4.90 Å². The zero-order valence-electron chi connectivity index (χ0n) is 10.0. The third kappa shape index (κ3) is 2.76. The lowest BCUT2D eigenvalue weighted by atomic mass is 10.2. The molecular weight excluding hydrogens is 252 g/mol. The van der Waals surface area contributed by atoms with Crippen molar-refractivity contribution in [3.8, 4) is 0 Å². The van der Waals surface area contributed by atoms with Crippen LogP contribution in [0, 0.1) is 6.92 Å². The molecule has 0 atom stereocenters. The number of amides is 2. The Bertz CT molecular complexity index is 490. The van der Waals surface area contributed by atoms with E-state index in [1.54, 1.807) is 6.07 Å². The van der Waals surface area contributed by atoms with Crippen molar-refractivity contribution in [2.45, 2.75) is 11.8 Å². The van der Waals surface area contributed by atoms with Gasteiger partial charge in [-0.2, -0.15) is 0 Å². The number of cyclic esters (lactones) is 1. The molecule has 96 valence electrons. The molecule has 0 spiro atoms. The fraction of sp³-hybridized carbons (Fsp3) is 0.333. The molecule has 1 aliphatic heterocycles. The number of benzene rings is 1. The van der Waals surface area contributed by atoms with Gasteiger partial charge in [0.1, 0.15) is 6.61 Å². The van der Waals surface area contributed by atoms with Crippen molar-refractivity contribution >= 4 is 29.4 Å². The van der Waals surface area contributed by atoms with E-state index in [0.29, 0.717) is 12.2 Å². The number of thioether (sulfide) groups is 1. The van der Waals surface area contributed by atoms with Crippen molar-refractivity contribution in [2.24, 2.45) is 0 Å². The molecule has 6 heteroatoms. The molecule has 1 saturated heterocycles. The van der Waals surface area contributed by atoms with Gasteiger partial charge in [0.2, 0.25) is 5.91 Å². The second kappa shape index (κ2) is 5.30. The lowest BCUT2D eigenvalue weighted by Gasteiger charge is -2.11. The first-order valence-electron chi connectivity index (χ1n) is 5.54. The van der Waals surface area contributed by atoms with E-state index in [2.05, 4.69) is 0 Å². The van der Waals surface area contributed by atoms with Crippen LogP contribution < -0.4 is 5.73 Å². The fourth-order valence-electron chi connectivity index (χ4n) is 1.67. The minimum absolute atomic E-state index is 0.222. The minimum Gasteiger partial charge on any atom is -0.447 e. The van der Waals surface area contributed by atoms with Gasteiger partial charge in [0.25, 0.3) is 0 Å². The summed E-state index contributed by atoms with van der Waals surface area (Å²) >= 11 is 1.40. The second-order valence-corrected chi connectivity index (χ2v) is 4.99. The number of nitrogens with two attached hydrogens (primary N) is 1. The Morgan fingerprint density at radius 1 is 1.56 bits per heavy atom. The molecule has 18 heavy (non-hydrogen) atoms. The largest absolute Gasteiger partial charge is 0.447 e. The molecule has 0 aliphatic carbocycles. The summed E-state index contributed by atoms with van der Waals surface area (Å²) in [5.41, 5.74) is 7.38. The Hall–Kier alpha value is -1.69. The fourth-order valence-corrected chi connectivity index (χ4v) is 2.56. The molecule has 1 aromatic rings. The van der Waals surface area contributed by atoms with Gasteiger partial charge in [-0.3, -0.25) is 4.79 Å². The molecule has 2 N–H and O–H groups in total. The molecule has 1 fully saturated rings. The molecule has 2 rings (SSSR count). The average molecular weight is 266 g/mol. The van der Waals surface area contributed by atoms with E-state index in [1.165, 1.54) is 11.8 Å². The quantitative estimate of drug-likeness (QED) is 0.665. The van der Waals surface area contributed by atoms with E-state index in [9.17, 15) is 9.59 Å². The van der Waals surface area contributed by atoms with Crippen LogP contribution in [0.3, 0.4) is 0 Å². The van der Waals surface area contributed by atoms with Crippen LogP contribution in [-0.4, -0.2) is 35.8 Å². The number of nitrogens with zero attached hydrogens (tertiary/aromatic N) is 1. The van der Waals surface area contributed by atoms with E-state index in [4.69, 9.17) is 10.5 Å². The third-order valence-electron chi connectivity index (χ3n) is 2.61. The van der Waals surface area contributed by atoms with E-state index in [-0.39, 0.29) is 18.3 Å². The van der Waals surface area contributed by atoms with Crippen LogP contribution in [0.4, 0.5) is 10.5 Å². The third-order valence-corrected chi connectivity index (χ3v) is 3.77. The van der Waals surface area contributed by atoms with Crippen LogP contribution in [0.1, 0.15) is 5.56 Å². The number of aryl methyl sites for hydroxylation is 1. The lowest BCUT2D eigenvalue weighted by Crippen LogP contribution is -2.32. The molecule has 0 saturated carbocycles. The molecule has 1 heterocycles. The summed E-state index contributed by atoms with van der Waals surface area (Å²) in [6.07, 6.45) is -0.547. The second-order valence-electron chi connectivity index (χ2n) is 3.97. The van der Waals surface area contributed by atoms with Crippen LogP contribution in [-0.2, 0) is 9.53 Å². The van der Waals surface area contributed by atoms with Crippen molar-refractivity contribution in [2.75, 3.05) is 24.6 Å². The monoisotopic (exact) mass is 266 g/mol. The van der Waals surface area contributed by atoms with E-state index in [0.717, 1.165) is 15.4 Å². The Labute approximate surface area is 109 Å². The predicted molar refractivity (Wildman–Crippen MR) is 69.4 cm³/mol. The summed E-state index contributed by atoms with van der Waals surface area (Å²) in [6.45, 7) is 2.57. The van der Waals surface area contributed by atoms with Crippen molar-refractivity contribution in [3.05, 3.63) is 23.8 Å². The summed E-state index contributed by atoms with van der Waals surface area (Å²) in [7, 11) is 0. The van der Waals surface area contributed by atoms with E-state index in [1.807, 2.05) is 19.1 Å². The highest BCUT2D eigenvalue weighted by atomic mass is 32.2. The van der Waals surface area contributed by atoms with Crippen molar-refractivity contribution < 1.29 is 14.3 Å². The SMILES string of the molecule is Cc1cc(N)ccc1SCC(=O)N1CCOC1=O. The summed E-state index contributed by atoms with van der Waals surface area (Å²) in [4.78, 5) is 25.1. The van der Waals surface area contributed by atoms with Gasteiger partial charge in [0.05, 0.1) is 12.3 Å².